The molecule has 0 unspecified atom stereocenters. The summed E-state index contributed by atoms with van der Waals surface area (Å²) in [4.78, 5) is 0. The van der Waals surface area contributed by atoms with Crippen molar-refractivity contribution >= 4 is 0 Å². The fourth-order valence-corrected chi connectivity index (χ4v) is 1.33. The van der Waals surface area contributed by atoms with Crippen molar-refractivity contribution in [1.82, 2.24) is 0 Å². The largest absolute Gasteiger partial charge is 0.273 e. The Balaban J connectivity index is 2.93. The average Bonchev–Trinajstić information content (AvgIpc) is 2.04. The van der Waals surface area contributed by atoms with Crippen LogP contribution in [-0.2, 0) is 5.92 Å². The minimum absolute atomic E-state index is 0.0730. The summed E-state index contributed by atoms with van der Waals surface area (Å²) in [6, 6.07) is 6.54. The second-order valence-electron chi connectivity index (χ2n) is 3.32. The van der Waals surface area contributed by atoms with Gasteiger partial charge >= 0.3 is 0 Å². The topological polar surface area (TPSA) is 0 Å². The molecule has 0 atom stereocenters. The van der Waals surface area contributed by atoms with Crippen LogP contribution in [0.25, 0.3) is 0 Å². The molecule has 0 aromatic heterocycles. The summed E-state index contributed by atoms with van der Waals surface area (Å²) in [5, 5.41) is 0. The van der Waals surface area contributed by atoms with Gasteiger partial charge in [-0.1, -0.05) is 43.2 Å². The Morgan fingerprint density at radius 1 is 1.31 bits per heavy atom. The van der Waals surface area contributed by atoms with E-state index in [2.05, 4.69) is 0 Å². The molecule has 0 spiro atoms. The molecule has 0 aliphatic carbocycles. The van der Waals surface area contributed by atoms with Crippen LogP contribution in [0.3, 0.4) is 0 Å². The predicted octanol–water partition coefficient (Wildman–Crippen LogP) is 3.89. The Morgan fingerprint density at radius 3 is 2.54 bits per heavy atom. The zero-order chi connectivity index (χ0) is 9.90. The minimum atomic E-state index is -2.67. The molecule has 0 amide bonds. The molecule has 0 nitrogen and oxygen atoms in total. The molecule has 0 heterocycles. The highest BCUT2D eigenvalue weighted by Gasteiger charge is 2.29. The molecule has 0 aliphatic heterocycles. The lowest BCUT2D eigenvalue weighted by Crippen LogP contribution is -2.12. The van der Waals surface area contributed by atoms with E-state index in [1.165, 1.54) is 6.07 Å². The molecular weight excluding hydrogens is 170 g/mol. The van der Waals surface area contributed by atoms with E-state index < -0.39 is 5.92 Å². The summed E-state index contributed by atoms with van der Waals surface area (Å²) in [5.41, 5.74) is 1.02. The lowest BCUT2D eigenvalue weighted by atomic mass is 10.0. The van der Waals surface area contributed by atoms with E-state index in [4.69, 9.17) is 0 Å². The summed E-state index contributed by atoms with van der Waals surface area (Å²) in [7, 11) is 0. The maximum absolute atomic E-state index is 13.3. The van der Waals surface area contributed by atoms with Gasteiger partial charge in [-0.15, -0.1) is 0 Å². The molecule has 1 aromatic rings. The lowest BCUT2D eigenvalue weighted by molar-refractivity contribution is -0.0140. The van der Waals surface area contributed by atoms with Gasteiger partial charge in [0.1, 0.15) is 0 Å². The number of alkyl halides is 2. The van der Waals surface area contributed by atoms with Gasteiger partial charge in [-0.25, -0.2) is 8.78 Å². The first kappa shape index (κ1) is 10.2. The Kier molecular flexibility index (Phi) is 3.02. The van der Waals surface area contributed by atoms with Crippen LogP contribution in [0.2, 0.25) is 0 Å². The Bertz CT molecular complexity index is 279. The van der Waals surface area contributed by atoms with Gasteiger partial charge in [0.25, 0.3) is 5.92 Å². The van der Waals surface area contributed by atoms with Crippen molar-refractivity contribution in [1.29, 1.82) is 0 Å². The van der Waals surface area contributed by atoms with Gasteiger partial charge in [0, 0.05) is 12.0 Å². The fourth-order valence-electron chi connectivity index (χ4n) is 1.33. The number of rotatable bonds is 3. The summed E-state index contributed by atoms with van der Waals surface area (Å²) in [6.45, 7) is 3.59. The quantitative estimate of drug-likeness (QED) is 0.668. The van der Waals surface area contributed by atoms with Crippen molar-refractivity contribution in [3.8, 4) is 0 Å². The summed E-state index contributed by atoms with van der Waals surface area (Å²) < 4.78 is 26.7. The Hall–Kier alpha value is -0.920. The minimum Gasteiger partial charge on any atom is -0.201 e. The molecule has 0 aliphatic rings. The maximum atomic E-state index is 13.3. The fraction of sp³-hybridized carbons (Fsp3) is 0.455. The highest BCUT2D eigenvalue weighted by molar-refractivity contribution is 5.25. The standard InChI is InChI=1S/C11H14F2/c1-3-7-11(12,13)10-6-4-5-9(2)8-10/h4-6,8H,3,7H2,1-2H3. The summed E-state index contributed by atoms with van der Waals surface area (Å²) in [5.74, 6) is -2.67. The second-order valence-corrected chi connectivity index (χ2v) is 3.32. The number of halogens is 2. The molecule has 0 saturated heterocycles. The van der Waals surface area contributed by atoms with Crippen LogP contribution in [0, 0.1) is 6.92 Å². The second kappa shape index (κ2) is 3.86. The van der Waals surface area contributed by atoms with Crippen molar-refractivity contribution in [3.05, 3.63) is 35.4 Å². The summed E-state index contributed by atoms with van der Waals surface area (Å²) >= 11 is 0. The van der Waals surface area contributed by atoms with Crippen LogP contribution in [0.15, 0.2) is 24.3 Å². The number of hydrogen-bond donors (Lipinski definition) is 0. The third kappa shape index (κ3) is 2.51. The maximum Gasteiger partial charge on any atom is 0.273 e. The van der Waals surface area contributed by atoms with Gasteiger partial charge in [-0.2, -0.15) is 0 Å². The molecule has 1 aromatic carbocycles. The van der Waals surface area contributed by atoms with Crippen LogP contribution < -0.4 is 0 Å². The van der Waals surface area contributed by atoms with Gasteiger partial charge in [0.15, 0.2) is 0 Å². The third-order valence-electron chi connectivity index (χ3n) is 2.00. The van der Waals surface area contributed by atoms with Crippen molar-refractivity contribution < 1.29 is 8.78 Å². The molecule has 72 valence electrons. The average molecular weight is 184 g/mol. The number of hydrogen-bond acceptors (Lipinski definition) is 0. The molecule has 0 radical (unpaired) electrons. The van der Waals surface area contributed by atoms with Gasteiger partial charge in [0.05, 0.1) is 0 Å². The summed E-state index contributed by atoms with van der Waals surface area (Å²) in [6.07, 6.45) is 0.428. The zero-order valence-electron chi connectivity index (χ0n) is 7.98. The molecular formula is C11H14F2. The normalized spacial score (nSPS) is 11.7. The monoisotopic (exact) mass is 184 g/mol. The highest BCUT2D eigenvalue weighted by atomic mass is 19.3. The van der Waals surface area contributed by atoms with Crippen molar-refractivity contribution in [2.75, 3.05) is 0 Å². The first-order valence-corrected chi connectivity index (χ1v) is 4.51. The van der Waals surface area contributed by atoms with Crippen molar-refractivity contribution in [3.63, 3.8) is 0 Å². The molecule has 2 heteroatoms. The van der Waals surface area contributed by atoms with Crippen molar-refractivity contribution in [2.24, 2.45) is 0 Å². The van der Waals surface area contributed by atoms with Crippen LogP contribution in [0.5, 0.6) is 0 Å². The van der Waals surface area contributed by atoms with Gasteiger partial charge in [-0.3, -0.25) is 0 Å². The van der Waals surface area contributed by atoms with E-state index >= 15 is 0 Å². The van der Waals surface area contributed by atoms with Gasteiger partial charge < -0.3 is 0 Å². The molecule has 1 rings (SSSR count). The van der Waals surface area contributed by atoms with E-state index in [1.54, 1.807) is 19.1 Å². The van der Waals surface area contributed by atoms with Crippen LogP contribution in [0.1, 0.15) is 30.9 Å². The molecule has 0 bridgehead atoms. The van der Waals surface area contributed by atoms with E-state index in [0.717, 1.165) is 5.56 Å². The van der Waals surface area contributed by atoms with Crippen LogP contribution in [0.4, 0.5) is 8.78 Å². The lowest BCUT2D eigenvalue weighted by Gasteiger charge is -2.15. The van der Waals surface area contributed by atoms with Crippen molar-refractivity contribution in [2.45, 2.75) is 32.6 Å². The van der Waals surface area contributed by atoms with E-state index in [0.29, 0.717) is 6.42 Å². The first-order valence-electron chi connectivity index (χ1n) is 4.51. The highest BCUT2D eigenvalue weighted by Crippen LogP contribution is 2.32. The zero-order valence-corrected chi connectivity index (χ0v) is 7.98. The Morgan fingerprint density at radius 2 is 2.00 bits per heavy atom. The molecule has 0 fully saturated rings. The van der Waals surface area contributed by atoms with Gasteiger partial charge in [-0.05, 0) is 6.92 Å². The SMILES string of the molecule is CCCC(F)(F)c1cccc(C)c1. The van der Waals surface area contributed by atoms with E-state index in [-0.39, 0.29) is 12.0 Å². The molecule has 13 heavy (non-hydrogen) atoms. The van der Waals surface area contributed by atoms with E-state index in [9.17, 15) is 8.78 Å². The van der Waals surface area contributed by atoms with Crippen LogP contribution >= 0.6 is 0 Å². The third-order valence-corrected chi connectivity index (χ3v) is 2.00. The number of aryl methyl sites for hydroxylation is 1. The van der Waals surface area contributed by atoms with Crippen LogP contribution in [-0.4, -0.2) is 0 Å². The Labute approximate surface area is 77.6 Å². The van der Waals surface area contributed by atoms with Gasteiger partial charge in [0.2, 0.25) is 0 Å². The predicted molar refractivity (Wildman–Crippen MR) is 50.0 cm³/mol. The van der Waals surface area contributed by atoms with E-state index in [1.807, 2.05) is 13.0 Å². The molecule has 0 N–H and O–H groups in total. The smallest absolute Gasteiger partial charge is 0.201 e. The first-order chi connectivity index (χ1) is 6.06. The number of benzene rings is 1. The molecule has 0 saturated carbocycles.